The number of fused-ring (bicyclic) bond motifs is 1. The van der Waals surface area contributed by atoms with E-state index in [1.807, 2.05) is 6.92 Å². The van der Waals surface area contributed by atoms with Gasteiger partial charge in [-0.3, -0.25) is 4.79 Å². The molecule has 1 aliphatic heterocycles. The first-order valence-electron chi connectivity index (χ1n) is 9.12. The highest BCUT2D eigenvalue weighted by molar-refractivity contribution is 7.89. The zero-order valence-electron chi connectivity index (χ0n) is 16.0. The van der Waals surface area contributed by atoms with Gasteiger partial charge in [-0.1, -0.05) is 13.8 Å². The third kappa shape index (κ3) is 6.08. The van der Waals surface area contributed by atoms with Gasteiger partial charge in [-0.05, 0) is 31.4 Å². The molecule has 1 aliphatic rings. The lowest BCUT2D eigenvalue weighted by atomic mass is 10.1. The summed E-state index contributed by atoms with van der Waals surface area (Å²) in [6, 6.07) is 3.53. The minimum absolute atomic E-state index is 0.0292. The van der Waals surface area contributed by atoms with Crippen LogP contribution in [0.4, 0.5) is 0 Å². The van der Waals surface area contributed by atoms with E-state index in [2.05, 4.69) is 10.0 Å². The third-order valence-corrected chi connectivity index (χ3v) is 5.46. The summed E-state index contributed by atoms with van der Waals surface area (Å²) in [6.45, 7) is 7.87. The van der Waals surface area contributed by atoms with Crippen molar-refractivity contribution in [3.8, 4) is 11.5 Å². The maximum Gasteiger partial charge on any atom is 0.241 e. The van der Waals surface area contributed by atoms with Gasteiger partial charge in [0.25, 0.3) is 0 Å². The molecule has 1 aromatic carbocycles. The molecule has 2 rings (SSSR count). The molecule has 9 heteroatoms. The molecule has 1 atom stereocenters. The predicted molar refractivity (Wildman–Crippen MR) is 100 cm³/mol. The lowest BCUT2D eigenvalue weighted by Gasteiger charge is -2.23. The Kier molecular flexibility index (Phi) is 7.88. The van der Waals surface area contributed by atoms with E-state index < -0.39 is 16.1 Å². The van der Waals surface area contributed by atoms with Crippen LogP contribution in [0.5, 0.6) is 11.5 Å². The summed E-state index contributed by atoms with van der Waals surface area (Å²) < 4.78 is 44.1. The van der Waals surface area contributed by atoms with Crippen LogP contribution in [0, 0.1) is 5.92 Å². The molecule has 0 saturated carbocycles. The van der Waals surface area contributed by atoms with Gasteiger partial charge in [0, 0.05) is 25.8 Å². The maximum atomic E-state index is 12.7. The first kappa shape index (κ1) is 21.5. The van der Waals surface area contributed by atoms with Crippen molar-refractivity contribution in [3.63, 3.8) is 0 Å². The molecule has 0 radical (unpaired) electrons. The van der Waals surface area contributed by atoms with E-state index in [0.717, 1.165) is 0 Å². The van der Waals surface area contributed by atoms with Gasteiger partial charge in [-0.2, -0.15) is 4.72 Å². The molecular weight excluding hydrogens is 372 g/mol. The summed E-state index contributed by atoms with van der Waals surface area (Å²) in [5.41, 5.74) is 0. The molecule has 27 heavy (non-hydrogen) atoms. The Morgan fingerprint density at radius 3 is 2.59 bits per heavy atom. The van der Waals surface area contributed by atoms with Gasteiger partial charge < -0.3 is 19.5 Å². The Labute approximate surface area is 160 Å². The van der Waals surface area contributed by atoms with E-state index in [1.165, 1.54) is 12.1 Å². The molecule has 1 aromatic rings. The molecular formula is C18H28N2O6S. The van der Waals surface area contributed by atoms with Crippen molar-refractivity contribution in [2.45, 2.75) is 38.1 Å². The standard InChI is InChI=1S/C18H28N2O6S/c1-4-24-9-5-8-19-18(21)17(13(2)3)20-27(22,23)14-6-7-15-16(12-14)26-11-10-25-15/h6-7,12-13,17,20H,4-5,8-11H2,1-3H3,(H,19,21)/t17-/m0/s1. The summed E-state index contributed by atoms with van der Waals surface area (Å²) in [7, 11) is -3.89. The van der Waals surface area contributed by atoms with Crippen molar-refractivity contribution in [2.24, 2.45) is 5.92 Å². The Bertz CT molecular complexity index is 735. The van der Waals surface area contributed by atoms with Gasteiger partial charge >= 0.3 is 0 Å². The fourth-order valence-corrected chi connectivity index (χ4v) is 3.92. The van der Waals surface area contributed by atoms with Crippen molar-refractivity contribution in [2.75, 3.05) is 33.0 Å². The van der Waals surface area contributed by atoms with Crippen LogP contribution in [0.15, 0.2) is 23.1 Å². The number of ether oxygens (including phenoxy) is 3. The van der Waals surface area contributed by atoms with Crippen LogP contribution in [0.2, 0.25) is 0 Å². The van der Waals surface area contributed by atoms with Crippen molar-refractivity contribution >= 4 is 15.9 Å². The van der Waals surface area contributed by atoms with Gasteiger partial charge in [0.05, 0.1) is 4.90 Å². The van der Waals surface area contributed by atoms with Crippen LogP contribution < -0.4 is 19.5 Å². The van der Waals surface area contributed by atoms with Gasteiger partial charge in [0.15, 0.2) is 11.5 Å². The van der Waals surface area contributed by atoms with Crippen molar-refractivity contribution in [3.05, 3.63) is 18.2 Å². The number of hydrogen-bond acceptors (Lipinski definition) is 6. The first-order valence-corrected chi connectivity index (χ1v) is 10.6. The number of carbonyl (C=O) groups is 1. The lowest BCUT2D eigenvalue weighted by Crippen LogP contribution is -2.49. The molecule has 0 aromatic heterocycles. The predicted octanol–water partition coefficient (Wildman–Crippen LogP) is 1.30. The highest BCUT2D eigenvalue weighted by Gasteiger charge is 2.29. The third-order valence-electron chi connectivity index (χ3n) is 4.02. The number of hydrogen-bond donors (Lipinski definition) is 2. The number of rotatable bonds is 10. The minimum atomic E-state index is -3.89. The molecule has 152 valence electrons. The van der Waals surface area contributed by atoms with E-state index >= 15 is 0 Å². The summed E-state index contributed by atoms with van der Waals surface area (Å²) >= 11 is 0. The van der Waals surface area contributed by atoms with Crippen LogP contribution in [0.25, 0.3) is 0 Å². The average molecular weight is 400 g/mol. The van der Waals surface area contributed by atoms with Crippen molar-refractivity contribution in [1.29, 1.82) is 0 Å². The topological polar surface area (TPSA) is 103 Å². The largest absolute Gasteiger partial charge is 0.486 e. The number of amides is 1. The molecule has 0 aliphatic carbocycles. The highest BCUT2D eigenvalue weighted by Crippen LogP contribution is 2.32. The Hall–Kier alpha value is -1.84. The van der Waals surface area contributed by atoms with Crippen molar-refractivity contribution in [1.82, 2.24) is 10.0 Å². The molecule has 1 amide bonds. The van der Waals surface area contributed by atoms with E-state index in [1.54, 1.807) is 19.9 Å². The second-order valence-corrected chi connectivity index (χ2v) is 8.20. The minimum Gasteiger partial charge on any atom is -0.486 e. The summed E-state index contributed by atoms with van der Waals surface area (Å²) in [4.78, 5) is 12.5. The van der Waals surface area contributed by atoms with Crippen LogP contribution in [-0.4, -0.2) is 53.3 Å². The van der Waals surface area contributed by atoms with Gasteiger partial charge in [-0.25, -0.2) is 8.42 Å². The number of nitrogens with one attached hydrogen (secondary N) is 2. The summed E-state index contributed by atoms with van der Waals surface area (Å²) in [6.07, 6.45) is 0.666. The smallest absolute Gasteiger partial charge is 0.241 e. The lowest BCUT2D eigenvalue weighted by molar-refractivity contribution is -0.123. The second-order valence-electron chi connectivity index (χ2n) is 6.49. The molecule has 0 spiro atoms. The van der Waals surface area contributed by atoms with Crippen molar-refractivity contribution < 1.29 is 27.4 Å². The van der Waals surface area contributed by atoms with Crippen LogP contribution >= 0.6 is 0 Å². The Morgan fingerprint density at radius 1 is 1.22 bits per heavy atom. The first-order chi connectivity index (χ1) is 12.8. The maximum absolute atomic E-state index is 12.7. The van der Waals surface area contributed by atoms with Gasteiger partial charge in [0.1, 0.15) is 19.3 Å². The fraction of sp³-hybridized carbons (Fsp3) is 0.611. The second kappa shape index (κ2) is 9.91. The highest BCUT2D eigenvalue weighted by atomic mass is 32.2. The number of benzene rings is 1. The van der Waals surface area contributed by atoms with Crippen LogP contribution in [0.1, 0.15) is 27.2 Å². The summed E-state index contributed by atoms with van der Waals surface area (Å²) in [5, 5.41) is 2.76. The SMILES string of the molecule is CCOCCCNC(=O)[C@@H](NS(=O)(=O)c1ccc2c(c1)OCCO2)C(C)C. The number of carbonyl (C=O) groups excluding carboxylic acids is 1. The van der Waals surface area contributed by atoms with Crippen LogP contribution in [0.3, 0.4) is 0 Å². The van der Waals surface area contributed by atoms with E-state index in [9.17, 15) is 13.2 Å². The van der Waals surface area contributed by atoms with Gasteiger partial charge in [-0.15, -0.1) is 0 Å². The Morgan fingerprint density at radius 2 is 1.93 bits per heavy atom. The van der Waals surface area contributed by atoms with E-state index in [0.29, 0.717) is 50.9 Å². The summed E-state index contributed by atoms with van der Waals surface area (Å²) in [5.74, 6) is 0.310. The molecule has 0 unspecified atom stereocenters. The molecule has 2 N–H and O–H groups in total. The van der Waals surface area contributed by atoms with Crippen LogP contribution in [-0.2, 0) is 19.6 Å². The quantitative estimate of drug-likeness (QED) is 0.574. The van der Waals surface area contributed by atoms with Gasteiger partial charge in [0.2, 0.25) is 15.9 Å². The molecule has 0 bridgehead atoms. The number of sulfonamides is 1. The molecule has 1 heterocycles. The average Bonchev–Trinajstić information content (AvgIpc) is 2.65. The Balaban J connectivity index is 2.04. The van der Waals surface area contributed by atoms with E-state index in [-0.39, 0.29) is 16.7 Å². The molecule has 0 fully saturated rings. The monoisotopic (exact) mass is 400 g/mol. The zero-order chi connectivity index (χ0) is 19.9. The normalized spacial score (nSPS) is 14.8. The fourth-order valence-electron chi connectivity index (χ4n) is 2.56. The zero-order valence-corrected chi connectivity index (χ0v) is 16.8. The van der Waals surface area contributed by atoms with E-state index in [4.69, 9.17) is 14.2 Å². The molecule has 0 saturated heterocycles. The molecule has 8 nitrogen and oxygen atoms in total.